The molecule has 0 saturated heterocycles. The van der Waals surface area contributed by atoms with Crippen molar-refractivity contribution in [2.24, 2.45) is 0 Å². The summed E-state index contributed by atoms with van der Waals surface area (Å²) in [6.07, 6.45) is 2.09. The highest BCUT2D eigenvalue weighted by molar-refractivity contribution is 6.31. The topological polar surface area (TPSA) is 50.9 Å². The van der Waals surface area contributed by atoms with Gasteiger partial charge in [0.05, 0.1) is 12.6 Å². The number of benzene rings is 1. The van der Waals surface area contributed by atoms with Crippen molar-refractivity contribution < 1.29 is 9.50 Å². The maximum Gasteiger partial charge on any atom is 0.138 e. The molecule has 0 aliphatic rings. The van der Waals surface area contributed by atoms with Gasteiger partial charge in [-0.25, -0.2) is 14.1 Å². The quantitative estimate of drug-likeness (QED) is 0.917. The van der Waals surface area contributed by atoms with E-state index in [0.29, 0.717) is 30.2 Å². The van der Waals surface area contributed by atoms with E-state index in [-0.39, 0.29) is 5.82 Å². The summed E-state index contributed by atoms with van der Waals surface area (Å²) in [6.45, 7) is 2.29. The van der Waals surface area contributed by atoms with Gasteiger partial charge in [-0.05, 0) is 24.1 Å². The lowest BCUT2D eigenvalue weighted by Gasteiger charge is -2.10. The minimum atomic E-state index is -0.455. The molecule has 0 radical (unpaired) electrons. The Kier molecular flexibility index (Phi) is 4.50. The van der Waals surface area contributed by atoms with E-state index < -0.39 is 6.10 Å². The lowest BCUT2D eigenvalue weighted by molar-refractivity contribution is 0.144. The van der Waals surface area contributed by atoms with Gasteiger partial charge in [-0.15, -0.1) is 0 Å². The van der Waals surface area contributed by atoms with Crippen LogP contribution in [0.1, 0.15) is 24.7 Å². The van der Waals surface area contributed by atoms with Gasteiger partial charge in [-0.2, -0.15) is 5.10 Å². The molecule has 0 aliphatic heterocycles. The molecule has 1 heterocycles. The molecule has 0 spiro atoms. The van der Waals surface area contributed by atoms with Crippen LogP contribution in [0.4, 0.5) is 4.39 Å². The fraction of sp³-hybridized carbons (Fsp3) is 0.385. The van der Waals surface area contributed by atoms with Crippen LogP contribution in [0.3, 0.4) is 0 Å². The normalized spacial score (nSPS) is 12.6. The molecule has 1 aromatic carbocycles. The minimum absolute atomic E-state index is 0.364. The Hall–Kier alpha value is -1.46. The lowest BCUT2D eigenvalue weighted by atomic mass is 10.1. The fourth-order valence-corrected chi connectivity index (χ4v) is 1.98. The van der Waals surface area contributed by atoms with E-state index in [1.165, 1.54) is 18.5 Å². The van der Waals surface area contributed by atoms with Crippen LogP contribution in [0, 0.1) is 5.82 Å². The standard InChI is InChI=1S/C13H15ClFN3O/c1-2-11(19)7-18-13(16-8-17-18)5-9-3-4-10(15)6-12(9)14/h3-4,6,8,11,19H,2,5,7H2,1H3/t11-/m0/s1. The number of rotatable bonds is 5. The third-order valence-corrected chi connectivity index (χ3v) is 3.27. The maximum atomic E-state index is 13.0. The molecule has 0 fully saturated rings. The maximum absolute atomic E-state index is 13.0. The highest BCUT2D eigenvalue weighted by atomic mass is 35.5. The lowest BCUT2D eigenvalue weighted by Crippen LogP contribution is -2.18. The van der Waals surface area contributed by atoms with Gasteiger partial charge in [0.1, 0.15) is 18.0 Å². The third-order valence-electron chi connectivity index (χ3n) is 2.91. The molecule has 0 saturated carbocycles. The van der Waals surface area contributed by atoms with Gasteiger partial charge in [0.15, 0.2) is 0 Å². The molecule has 2 aromatic rings. The first-order valence-electron chi connectivity index (χ1n) is 6.08. The highest BCUT2D eigenvalue weighted by Crippen LogP contribution is 2.19. The van der Waals surface area contributed by atoms with Gasteiger partial charge in [-0.1, -0.05) is 24.6 Å². The largest absolute Gasteiger partial charge is 0.391 e. The third kappa shape index (κ3) is 3.52. The molecule has 1 atom stereocenters. The number of halogens is 2. The van der Waals surface area contributed by atoms with Crippen molar-refractivity contribution in [1.82, 2.24) is 14.8 Å². The van der Waals surface area contributed by atoms with Gasteiger partial charge in [0, 0.05) is 11.4 Å². The Balaban J connectivity index is 2.17. The van der Waals surface area contributed by atoms with Crippen molar-refractivity contribution in [2.45, 2.75) is 32.4 Å². The van der Waals surface area contributed by atoms with Gasteiger partial charge >= 0.3 is 0 Å². The van der Waals surface area contributed by atoms with Crippen LogP contribution < -0.4 is 0 Å². The van der Waals surface area contributed by atoms with Gasteiger partial charge in [0.25, 0.3) is 0 Å². The average Bonchev–Trinajstić information content (AvgIpc) is 2.80. The van der Waals surface area contributed by atoms with E-state index in [2.05, 4.69) is 10.1 Å². The highest BCUT2D eigenvalue weighted by Gasteiger charge is 2.11. The van der Waals surface area contributed by atoms with Crippen LogP contribution in [0.25, 0.3) is 0 Å². The predicted octanol–water partition coefficient (Wildman–Crippen LogP) is 2.43. The molecule has 0 aliphatic carbocycles. The molecular formula is C13H15ClFN3O. The molecule has 0 bridgehead atoms. The summed E-state index contributed by atoms with van der Waals surface area (Å²) in [5.41, 5.74) is 0.781. The molecular weight excluding hydrogens is 269 g/mol. The van der Waals surface area contributed by atoms with Gasteiger partial charge in [-0.3, -0.25) is 0 Å². The van der Waals surface area contributed by atoms with E-state index >= 15 is 0 Å². The van der Waals surface area contributed by atoms with Crippen molar-refractivity contribution in [3.05, 3.63) is 46.8 Å². The summed E-state index contributed by atoms with van der Waals surface area (Å²) >= 11 is 5.98. The Morgan fingerprint density at radius 1 is 1.47 bits per heavy atom. The molecule has 1 aromatic heterocycles. The predicted molar refractivity (Wildman–Crippen MR) is 70.5 cm³/mol. The molecule has 0 amide bonds. The summed E-state index contributed by atoms with van der Waals surface area (Å²) in [7, 11) is 0. The van der Waals surface area contributed by atoms with Gasteiger partial charge < -0.3 is 5.11 Å². The zero-order valence-corrected chi connectivity index (χ0v) is 11.3. The van der Waals surface area contributed by atoms with Crippen LogP contribution >= 0.6 is 11.6 Å². The molecule has 102 valence electrons. The fourth-order valence-electron chi connectivity index (χ4n) is 1.74. The summed E-state index contributed by atoms with van der Waals surface area (Å²) < 4.78 is 14.6. The van der Waals surface area contributed by atoms with E-state index in [1.807, 2.05) is 6.92 Å². The Morgan fingerprint density at radius 3 is 2.95 bits per heavy atom. The van der Waals surface area contributed by atoms with Crippen molar-refractivity contribution in [3.63, 3.8) is 0 Å². The number of nitrogens with zero attached hydrogens (tertiary/aromatic N) is 3. The number of aliphatic hydroxyl groups excluding tert-OH is 1. The summed E-state index contributed by atoms with van der Waals surface area (Å²) in [5, 5.41) is 14.1. The molecule has 6 heteroatoms. The monoisotopic (exact) mass is 283 g/mol. The summed E-state index contributed by atoms with van der Waals surface area (Å²) in [4.78, 5) is 4.15. The number of aliphatic hydroxyl groups is 1. The molecule has 4 nitrogen and oxygen atoms in total. The van der Waals surface area contributed by atoms with Crippen LogP contribution in [-0.4, -0.2) is 26.0 Å². The van der Waals surface area contributed by atoms with E-state index in [1.54, 1.807) is 10.7 Å². The van der Waals surface area contributed by atoms with Crippen molar-refractivity contribution in [2.75, 3.05) is 0 Å². The zero-order valence-electron chi connectivity index (χ0n) is 10.6. The molecule has 0 unspecified atom stereocenters. The Labute approximate surface area is 115 Å². The van der Waals surface area contributed by atoms with Crippen molar-refractivity contribution >= 4 is 11.6 Å². The zero-order chi connectivity index (χ0) is 13.8. The smallest absolute Gasteiger partial charge is 0.138 e. The van der Waals surface area contributed by atoms with Crippen LogP contribution in [-0.2, 0) is 13.0 Å². The molecule has 2 rings (SSSR count). The average molecular weight is 284 g/mol. The minimum Gasteiger partial charge on any atom is -0.391 e. The van der Waals surface area contributed by atoms with Crippen LogP contribution in [0.5, 0.6) is 0 Å². The summed E-state index contributed by atoms with van der Waals surface area (Å²) in [5.74, 6) is 0.331. The van der Waals surface area contributed by atoms with Crippen LogP contribution in [0.2, 0.25) is 5.02 Å². The van der Waals surface area contributed by atoms with Crippen LogP contribution in [0.15, 0.2) is 24.5 Å². The first kappa shape index (κ1) is 14.0. The number of aromatic nitrogens is 3. The first-order valence-corrected chi connectivity index (χ1v) is 6.46. The van der Waals surface area contributed by atoms with E-state index in [9.17, 15) is 9.50 Å². The molecule has 19 heavy (non-hydrogen) atoms. The van der Waals surface area contributed by atoms with E-state index in [0.717, 1.165) is 5.56 Å². The second-order valence-corrected chi connectivity index (χ2v) is 4.74. The first-order chi connectivity index (χ1) is 9.10. The van der Waals surface area contributed by atoms with Crippen molar-refractivity contribution in [1.29, 1.82) is 0 Å². The molecule has 1 N–H and O–H groups in total. The second-order valence-electron chi connectivity index (χ2n) is 4.33. The van der Waals surface area contributed by atoms with Crippen molar-refractivity contribution in [3.8, 4) is 0 Å². The Morgan fingerprint density at radius 2 is 2.26 bits per heavy atom. The number of hydrogen-bond acceptors (Lipinski definition) is 3. The SMILES string of the molecule is CC[C@H](O)Cn1ncnc1Cc1ccc(F)cc1Cl. The van der Waals surface area contributed by atoms with E-state index in [4.69, 9.17) is 11.6 Å². The Bertz CT molecular complexity index is 559. The number of hydrogen-bond donors (Lipinski definition) is 1. The van der Waals surface area contributed by atoms with Gasteiger partial charge in [0.2, 0.25) is 0 Å². The second kappa shape index (κ2) is 6.12. The summed E-state index contributed by atoms with van der Waals surface area (Å²) in [6, 6.07) is 4.27.